The van der Waals surface area contributed by atoms with Gasteiger partial charge < -0.3 is 24.4 Å². The molecule has 1 aromatic carbocycles. The number of hydrogen-bond acceptors (Lipinski definition) is 5. The molecule has 1 N–H and O–H groups in total. The number of hydrogen-bond donors (Lipinski definition) is 1. The summed E-state index contributed by atoms with van der Waals surface area (Å²) in [5, 5.41) is 10.5. The standard InChI is InChI=1S/C24H36N2O5/c1-24(2,3)31-23(29)25-13-11-18(12-14-25)9-10-21(27)20-15-26(16-20)22(28)30-17-19-7-5-4-6-8-19/h4-8,18,20-21,27H,9-17H2,1-3H3. The number of carbonyl (C=O) groups is 2. The first-order valence-corrected chi connectivity index (χ1v) is 11.3. The van der Waals surface area contributed by atoms with Crippen LogP contribution in [0.2, 0.25) is 0 Å². The molecule has 2 fully saturated rings. The number of amides is 2. The van der Waals surface area contributed by atoms with Crippen LogP contribution in [0, 0.1) is 11.8 Å². The smallest absolute Gasteiger partial charge is 0.410 e. The van der Waals surface area contributed by atoms with Crippen LogP contribution in [0.15, 0.2) is 30.3 Å². The first kappa shape index (κ1) is 23.4. The molecule has 172 valence electrons. The first-order valence-electron chi connectivity index (χ1n) is 11.3. The lowest BCUT2D eigenvalue weighted by Crippen LogP contribution is -2.54. The molecule has 1 unspecified atom stereocenters. The Morgan fingerprint density at radius 1 is 1.06 bits per heavy atom. The van der Waals surface area contributed by atoms with Gasteiger partial charge in [0.2, 0.25) is 0 Å². The number of aliphatic hydroxyl groups is 1. The molecule has 0 aromatic heterocycles. The van der Waals surface area contributed by atoms with Crippen LogP contribution in [-0.4, -0.2) is 65.0 Å². The molecule has 3 rings (SSSR count). The van der Waals surface area contributed by atoms with Gasteiger partial charge in [0.1, 0.15) is 12.2 Å². The van der Waals surface area contributed by atoms with Crippen molar-refractivity contribution >= 4 is 12.2 Å². The summed E-state index contributed by atoms with van der Waals surface area (Å²) < 4.78 is 10.8. The van der Waals surface area contributed by atoms with Crippen LogP contribution in [0.4, 0.5) is 9.59 Å². The summed E-state index contributed by atoms with van der Waals surface area (Å²) in [5.41, 5.74) is 0.494. The first-order chi connectivity index (χ1) is 14.7. The molecule has 1 aromatic rings. The lowest BCUT2D eigenvalue weighted by Gasteiger charge is -2.41. The van der Waals surface area contributed by atoms with Crippen molar-refractivity contribution in [3.63, 3.8) is 0 Å². The predicted octanol–water partition coefficient (Wildman–Crippen LogP) is 4.04. The zero-order valence-electron chi connectivity index (χ0n) is 19.0. The van der Waals surface area contributed by atoms with E-state index in [1.54, 1.807) is 9.80 Å². The second-order valence-corrected chi connectivity index (χ2v) is 9.76. The summed E-state index contributed by atoms with van der Waals surface area (Å²) >= 11 is 0. The molecule has 0 aliphatic carbocycles. The van der Waals surface area contributed by atoms with Crippen molar-refractivity contribution in [1.29, 1.82) is 0 Å². The molecule has 0 bridgehead atoms. The average Bonchev–Trinajstić information content (AvgIpc) is 2.69. The summed E-state index contributed by atoms with van der Waals surface area (Å²) in [6.07, 6.45) is 2.60. The zero-order chi connectivity index (χ0) is 22.4. The Balaban J connectivity index is 1.29. The van der Waals surface area contributed by atoms with Crippen LogP contribution < -0.4 is 0 Å². The minimum atomic E-state index is -0.470. The van der Waals surface area contributed by atoms with Crippen molar-refractivity contribution in [3.05, 3.63) is 35.9 Å². The number of aliphatic hydroxyl groups excluding tert-OH is 1. The Bertz CT molecular complexity index is 719. The summed E-state index contributed by atoms with van der Waals surface area (Å²) in [6.45, 7) is 8.42. The number of likely N-dealkylation sites (tertiary alicyclic amines) is 2. The van der Waals surface area contributed by atoms with Gasteiger partial charge >= 0.3 is 12.2 Å². The van der Waals surface area contributed by atoms with E-state index >= 15 is 0 Å². The SMILES string of the molecule is CC(C)(C)OC(=O)N1CCC(CCC(O)C2CN(C(=O)OCc3ccccc3)C2)CC1. The van der Waals surface area contributed by atoms with E-state index in [0.29, 0.717) is 32.1 Å². The summed E-state index contributed by atoms with van der Waals surface area (Å²) in [4.78, 5) is 27.7. The zero-order valence-corrected chi connectivity index (χ0v) is 19.0. The van der Waals surface area contributed by atoms with E-state index in [1.807, 2.05) is 51.1 Å². The normalized spacial score (nSPS) is 19.0. The molecular weight excluding hydrogens is 396 g/mol. The fourth-order valence-corrected chi connectivity index (χ4v) is 4.09. The summed E-state index contributed by atoms with van der Waals surface area (Å²) in [6, 6.07) is 9.61. The molecular formula is C24H36N2O5. The van der Waals surface area contributed by atoms with Crippen LogP contribution in [0.25, 0.3) is 0 Å². The van der Waals surface area contributed by atoms with Crippen LogP contribution in [0.1, 0.15) is 52.0 Å². The number of piperidine rings is 1. The monoisotopic (exact) mass is 432 g/mol. The third-order valence-electron chi connectivity index (χ3n) is 6.05. The van der Waals surface area contributed by atoms with E-state index in [9.17, 15) is 14.7 Å². The molecule has 7 heteroatoms. The van der Waals surface area contributed by atoms with Gasteiger partial charge in [0.05, 0.1) is 6.10 Å². The van der Waals surface area contributed by atoms with E-state index in [0.717, 1.165) is 31.2 Å². The van der Waals surface area contributed by atoms with Crippen LogP contribution in [-0.2, 0) is 16.1 Å². The number of rotatable bonds is 6. The second kappa shape index (κ2) is 10.4. The molecule has 31 heavy (non-hydrogen) atoms. The minimum Gasteiger partial charge on any atom is -0.445 e. The molecule has 7 nitrogen and oxygen atoms in total. The maximum absolute atomic E-state index is 12.2. The maximum atomic E-state index is 12.2. The molecule has 2 saturated heterocycles. The molecule has 2 heterocycles. The Hall–Kier alpha value is -2.28. The Labute approximate surface area is 185 Å². The molecule has 2 aliphatic rings. The highest BCUT2D eigenvalue weighted by Crippen LogP contribution is 2.28. The molecule has 2 aliphatic heterocycles. The lowest BCUT2D eigenvalue weighted by atomic mass is 9.86. The number of benzene rings is 1. The fourth-order valence-electron chi connectivity index (χ4n) is 4.09. The molecule has 1 atom stereocenters. The second-order valence-electron chi connectivity index (χ2n) is 9.76. The molecule has 2 amide bonds. The third-order valence-corrected chi connectivity index (χ3v) is 6.05. The van der Waals surface area contributed by atoms with Gasteiger partial charge in [-0.25, -0.2) is 9.59 Å². The van der Waals surface area contributed by atoms with Gasteiger partial charge in [-0.15, -0.1) is 0 Å². The number of nitrogens with zero attached hydrogens (tertiary/aromatic N) is 2. The van der Waals surface area contributed by atoms with E-state index in [-0.39, 0.29) is 24.7 Å². The van der Waals surface area contributed by atoms with Crippen LogP contribution in [0.5, 0.6) is 0 Å². The van der Waals surface area contributed by atoms with Crippen LogP contribution >= 0.6 is 0 Å². The molecule has 0 spiro atoms. The molecule has 0 radical (unpaired) electrons. The highest BCUT2D eigenvalue weighted by molar-refractivity contribution is 5.69. The number of ether oxygens (including phenoxy) is 2. The third kappa shape index (κ3) is 7.13. The minimum absolute atomic E-state index is 0.117. The van der Waals surface area contributed by atoms with Crippen molar-refractivity contribution < 1.29 is 24.2 Å². The molecule has 0 saturated carbocycles. The topological polar surface area (TPSA) is 79.3 Å². The van der Waals surface area contributed by atoms with Gasteiger partial charge in [0.15, 0.2) is 0 Å². The van der Waals surface area contributed by atoms with Gasteiger partial charge in [0.25, 0.3) is 0 Å². The van der Waals surface area contributed by atoms with Gasteiger partial charge in [-0.05, 0) is 57.9 Å². The Morgan fingerprint density at radius 2 is 1.71 bits per heavy atom. The summed E-state index contributed by atoms with van der Waals surface area (Å²) in [5.74, 6) is 0.631. The lowest BCUT2D eigenvalue weighted by molar-refractivity contribution is -0.0145. The van der Waals surface area contributed by atoms with E-state index in [1.165, 1.54) is 0 Å². The summed E-state index contributed by atoms with van der Waals surface area (Å²) in [7, 11) is 0. The maximum Gasteiger partial charge on any atom is 0.410 e. The van der Waals surface area contributed by atoms with Crippen molar-refractivity contribution in [2.45, 2.75) is 64.8 Å². The van der Waals surface area contributed by atoms with Gasteiger partial charge in [-0.2, -0.15) is 0 Å². The van der Waals surface area contributed by atoms with E-state index < -0.39 is 11.7 Å². The quantitative estimate of drug-likeness (QED) is 0.734. The van der Waals surface area contributed by atoms with Crippen molar-refractivity contribution in [1.82, 2.24) is 9.80 Å². The largest absolute Gasteiger partial charge is 0.445 e. The predicted molar refractivity (Wildman–Crippen MR) is 117 cm³/mol. The average molecular weight is 433 g/mol. The van der Waals surface area contributed by atoms with Gasteiger partial charge in [-0.1, -0.05) is 30.3 Å². The Kier molecular flexibility index (Phi) is 7.81. The van der Waals surface area contributed by atoms with Crippen molar-refractivity contribution in [2.24, 2.45) is 11.8 Å². The highest BCUT2D eigenvalue weighted by Gasteiger charge is 2.36. The van der Waals surface area contributed by atoms with E-state index in [2.05, 4.69) is 0 Å². The van der Waals surface area contributed by atoms with Crippen molar-refractivity contribution in [2.75, 3.05) is 26.2 Å². The van der Waals surface area contributed by atoms with Crippen molar-refractivity contribution in [3.8, 4) is 0 Å². The van der Waals surface area contributed by atoms with Gasteiger partial charge in [0, 0.05) is 32.1 Å². The number of carbonyl (C=O) groups excluding carboxylic acids is 2. The Morgan fingerprint density at radius 3 is 2.32 bits per heavy atom. The van der Waals surface area contributed by atoms with Crippen LogP contribution in [0.3, 0.4) is 0 Å². The highest BCUT2D eigenvalue weighted by atomic mass is 16.6. The van der Waals surface area contributed by atoms with Gasteiger partial charge in [-0.3, -0.25) is 0 Å². The van der Waals surface area contributed by atoms with E-state index in [4.69, 9.17) is 9.47 Å². The fraction of sp³-hybridized carbons (Fsp3) is 0.667.